The summed E-state index contributed by atoms with van der Waals surface area (Å²) < 4.78 is 10.7. The summed E-state index contributed by atoms with van der Waals surface area (Å²) in [6.45, 7) is 5.08. The quantitative estimate of drug-likeness (QED) is 0.721. The molecule has 0 amide bonds. The molecular weight excluding hydrogens is 328 g/mol. The summed E-state index contributed by atoms with van der Waals surface area (Å²) in [4.78, 5) is 8.62. The molecule has 0 spiro atoms. The van der Waals surface area contributed by atoms with Crippen LogP contribution in [-0.2, 0) is 6.54 Å². The van der Waals surface area contributed by atoms with E-state index < -0.39 is 0 Å². The maximum atomic E-state index is 5.41. The largest absolute Gasteiger partial charge is 0.454 e. The zero-order valence-electron chi connectivity index (χ0n) is 14.7. The summed E-state index contributed by atoms with van der Waals surface area (Å²) in [5.74, 6) is 3.08. The first kappa shape index (κ1) is 16.2. The number of anilines is 3. The normalized spacial score (nSPS) is 12.1. The third-order valence-corrected chi connectivity index (χ3v) is 4.31. The van der Waals surface area contributed by atoms with Crippen LogP contribution in [0.25, 0.3) is 0 Å². The third kappa shape index (κ3) is 3.39. The van der Waals surface area contributed by atoms with Gasteiger partial charge in [-0.1, -0.05) is 24.3 Å². The van der Waals surface area contributed by atoms with Crippen molar-refractivity contribution in [1.82, 2.24) is 9.97 Å². The summed E-state index contributed by atoms with van der Waals surface area (Å²) in [6, 6.07) is 14.0. The molecule has 1 aliphatic heterocycles. The zero-order valence-corrected chi connectivity index (χ0v) is 14.7. The Morgan fingerprint density at radius 1 is 0.923 bits per heavy atom. The maximum absolute atomic E-state index is 5.41. The van der Waals surface area contributed by atoms with Crippen LogP contribution < -0.4 is 20.1 Å². The SMILES string of the molecule is Cc1cccc(C)c1Nc1cc(NCc2ccc3c(c2)OCO3)ncn1. The highest BCUT2D eigenvalue weighted by molar-refractivity contribution is 5.65. The van der Waals surface area contributed by atoms with E-state index in [1.165, 1.54) is 11.1 Å². The number of fused-ring (bicyclic) bond motifs is 1. The summed E-state index contributed by atoms with van der Waals surface area (Å²) in [5.41, 5.74) is 4.53. The number of nitrogens with one attached hydrogen (secondary N) is 2. The molecular formula is C20H20N4O2. The summed E-state index contributed by atoms with van der Waals surface area (Å²) >= 11 is 0. The molecule has 0 aliphatic carbocycles. The van der Waals surface area contributed by atoms with E-state index in [1.54, 1.807) is 6.33 Å². The second-order valence-corrected chi connectivity index (χ2v) is 6.22. The highest BCUT2D eigenvalue weighted by Crippen LogP contribution is 2.32. The van der Waals surface area contributed by atoms with E-state index in [4.69, 9.17) is 9.47 Å². The smallest absolute Gasteiger partial charge is 0.231 e. The van der Waals surface area contributed by atoms with Crippen LogP contribution in [0, 0.1) is 13.8 Å². The maximum Gasteiger partial charge on any atom is 0.231 e. The Hall–Kier alpha value is -3.28. The van der Waals surface area contributed by atoms with Gasteiger partial charge >= 0.3 is 0 Å². The standard InChI is InChI=1S/C20H20N4O2/c1-13-4-3-5-14(2)20(13)24-19-9-18(22-11-23-19)21-10-15-6-7-16-17(8-15)26-12-25-16/h3-9,11H,10,12H2,1-2H3,(H2,21,22,23,24). The minimum Gasteiger partial charge on any atom is -0.454 e. The fraction of sp³-hybridized carbons (Fsp3) is 0.200. The number of hydrogen-bond donors (Lipinski definition) is 2. The molecule has 2 heterocycles. The molecule has 0 saturated carbocycles. The molecule has 0 saturated heterocycles. The van der Waals surface area contributed by atoms with Gasteiger partial charge in [0.05, 0.1) is 0 Å². The van der Waals surface area contributed by atoms with E-state index in [2.05, 4.69) is 46.6 Å². The van der Waals surface area contributed by atoms with E-state index in [1.807, 2.05) is 30.3 Å². The molecule has 132 valence electrons. The van der Waals surface area contributed by atoms with Gasteiger partial charge in [-0.3, -0.25) is 0 Å². The molecule has 0 bridgehead atoms. The van der Waals surface area contributed by atoms with Crippen LogP contribution in [-0.4, -0.2) is 16.8 Å². The number of aromatic nitrogens is 2. The molecule has 2 N–H and O–H groups in total. The van der Waals surface area contributed by atoms with Gasteiger partial charge in [-0.15, -0.1) is 0 Å². The number of para-hydroxylation sites is 1. The van der Waals surface area contributed by atoms with Crippen molar-refractivity contribution in [3.63, 3.8) is 0 Å². The number of nitrogens with zero attached hydrogens (tertiary/aromatic N) is 2. The first-order valence-electron chi connectivity index (χ1n) is 8.47. The molecule has 0 atom stereocenters. The third-order valence-electron chi connectivity index (χ3n) is 4.31. The lowest BCUT2D eigenvalue weighted by Gasteiger charge is -2.13. The Bertz CT molecular complexity index is 923. The zero-order chi connectivity index (χ0) is 17.9. The van der Waals surface area contributed by atoms with Crippen molar-refractivity contribution in [3.8, 4) is 11.5 Å². The molecule has 6 nitrogen and oxygen atoms in total. The van der Waals surface area contributed by atoms with E-state index in [0.717, 1.165) is 34.4 Å². The lowest BCUT2D eigenvalue weighted by atomic mass is 10.1. The van der Waals surface area contributed by atoms with Crippen molar-refractivity contribution in [2.75, 3.05) is 17.4 Å². The van der Waals surface area contributed by atoms with Gasteiger partial charge in [0.15, 0.2) is 11.5 Å². The fourth-order valence-electron chi connectivity index (χ4n) is 2.91. The van der Waals surface area contributed by atoms with Crippen molar-refractivity contribution in [2.45, 2.75) is 20.4 Å². The Morgan fingerprint density at radius 2 is 1.69 bits per heavy atom. The van der Waals surface area contributed by atoms with Crippen molar-refractivity contribution in [3.05, 3.63) is 65.5 Å². The number of hydrogen-bond acceptors (Lipinski definition) is 6. The molecule has 0 radical (unpaired) electrons. The minimum absolute atomic E-state index is 0.283. The van der Waals surface area contributed by atoms with E-state index in [-0.39, 0.29) is 6.79 Å². The van der Waals surface area contributed by atoms with Gasteiger partial charge in [0.1, 0.15) is 18.0 Å². The molecule has 26 heavy (non-hydrogen) atoms. The Balaban J connectivity index is 1.46. The number of benzene rings is 2. The van der Waals surface area contributed by atoms with E-state index in [9.17, 15) is 0 Å². The molecule has 3 aromatic rings. The fourth-order valence-corrected chi connectivity index (χ4v) is 2.91. The van der Waals surface area contributed by atoms with Crippen LogP contribution >= 0.6 is 0 Å². The number of rotatable bonds is 5. The van der Waals surface area contributed by atoms with Crippen LogP contribution in [0.2, 0.25) is 0 Å². The lowest BCUT2D eigenvalue weighted by molar-refractivity contribution is 0.174. The van der Waals surface area contributed by atoms with Crippen molar-refractivity contribution >= 4 is 17.3 Å². The monoisotopic (exact) mass is 348 g/mol. The second kappa shape index (κ2) is 6.92. The predicted octanol–water partition coefficient (Wildman–Crippen LogP) is 4.18. The first-order chi connectivity index (χ1) is 12.7. The predicted molar refractivity (Wildman–Crippen MR) is 101 cm³/mol. The Kier molecular flexibility index (Phi) is 4.31. The minimum atomic E-state index is 0.283. The molecule has 6 heteroatoms. The Labute approximate surface area is 152 Å². The molecule has 1 aliphatic rings. The van der Waals surface area contributed by atoms with Gasteiger partial charge in [-0.05, 0) is 42.7 Å². The molecule has 0 fully saturated rings. The van der Waals surface area contributed by atoms with E-state index >= 15 is 0 Å². The second-order valence-electron chi connectivity index (χ2n) is 6.22. The van der Waals surface area contributed by atoms with Crippen molar-refractivity contribution < 1.29 is 9.47 Å². The van der Waals surface area contributed by atoms with Crippen molar-refractivity contribution in [2.24, 2.45) is 0 Å². The molecule has 1 aromatic heterocycles. The number of aryl methyl sites for hydroxylation is 2. The topological polar surface area (TPSA) is 68.3 Å². The van der Waals surface area contributed by atoms with Crippen LogP contribution in [0.4, 0.5) is 17.3 Å². The van der Waals surface area contributed by atoms with Crippen LogP contribution in [0.15, 0.2) is 48.8 Å². The van der Waals surface area contributed by atoms with Crippen molar-refractivity contribution in [1.29, 1.82) is 0 Å². The van der Waals surface area contributed by atoms with Gasteiger partial charge in [0.2, 0.25) is 6.79 Å². The molecule has 4 rings (SSSR count). The molecule has 2 aromatic carbocycles. The van der Waals surface area contributed by atoms with Crippen LogP contribution in [0.5, 0.6) is 11.5 Å². The summed E-state index contributed by atoms with van der Waals surface area (Å²) in [6.07, 6.45) is 1.55. The summed E-state index contributed by atoms with van der Waals surface area (Å²) in [7, 11) is 0. The lowest BCUT2D eigenvalue weighted by Crippen LogP contribution is -2.04. The van der Waals surface area contributed by atoms with E-state index in [0.29, 0.717) is 6.54 Å². The summed E-state index contributed by atoms with van der Waals surface area (Å²) in [5, 5.41) is 6.71. The van der Waals surface area contributed by atoms with Gasteiger partial charge in [0, 0.05) is 18.3 Å². The number of ether oxygens (including phenoxy) is 2. The average Bonchev–Trinajstić information content (AvgIpc) is 3.11. The van der Waals surface area contributed by atoms with Gasteiger partial charge in [0.25, 0.3) is 0 Å². The highest BCUT2D eigenvalue weighted by atomic mass is 16.7. The van der Waals surface area contributed by atoms with Crippen LogP contribution in [0.3, 0.4) is 0 Å². The van der Waals surface area contributed by atoms with Gasteiger partial charge < -0.3 is 20.1 Å². The molecule has 0 unspecified atom stereocenters. The average molecular weight is 348 g/mol. The van der Waals surface area contributed by atoms with Gasteiger partial charge in [-0.2, -0.15) is 0 Å². The van der Waals surface area contributed by atoms with Gasteiger partial charge in [-0.25, -0.2) is 9.97 Å². The Morgan fingerprint density at radius 3 is 2.54 bits per heavy atom. The highest BCUT2D eigenvalue weighted by Gasteiger charge is 2.13. The van der Waals surface area contributed by atoms with Crippen LogP contribution in [0.1, 0.15) is 16.7 Å². The first-order valence-corrected chi connectivity index (χ1v) is 8.47.